The van der Waals surface area contributed by atoms with Crippen LogP contribution in [0, 0.1) is 0 Å². The van der Waals surface area contributed by atoms with Crippen molar-refractivity contribution < 1.29 is 8.42 Å². The molecule has 1 aromatic carbocycles. The van der Waals surface area contributed by atoms with E-state index in [2.05, 4.69) is 6.92 Å². The van der Waals surface area contributed by atoms with E-state index >= 15 is 0 Å². The summed E-state index contributed by atoms with van der Waals surface area (Å²) >= 11 is 5.73. The van der Waals surface area contributed by atoms with Crippen molar-refractivity contribution in [3.63, 3.8) is 0 Å². The molecule has 0 atom stereocenters. The first-order chi connectivity index (χ1) is 9.56. The first kappa shape index (κ1) is 17.5. The van der Waals surface area contributed by atoms with Gasteiger partial charge in [0, 0.05) is 19.0 Å². The summed E-state index contributed by atoms with van der Waals surface area (Å²) in [5.41, 5.74) is 1.17. The molecule has 5 heteroatoms. The number of hydrogen-bond donors (Lipinski definition) is 0. The van der Waals surface area contributed by atoms with Gasteiger partial charge in [0.15, 0.2) is 0 Å². The van der Waals surface area contributed by atoms with Crippen molar-refractivity contribution in [3.05, 3.63) is 29.8 Å². The lowest BCUT2D eigenvalue weighted by atomic mass is 10.1. The maximum Gasteiger partial charge on any atom is 0.243 e. The molecule has 0 fully saturated rings. The zero-order valence-electron chi connectivity index (χ0n) is 12.3. The number of hydrogen-bond acceptors (Lipinski definition) is 2. The highest BCUT2D eigenvalue weighted by atomic mass is 35.5. The lowest BCUT2D eigenvalue weighted by Gasteiger charge is -2.21. The topological polar surface area (TPSA) is 37.4 Å². The number of alkyl halides is 1. The zero-order chi connectivity index (χ0) is 15.0. The highest BCUT2D eigenvalue weighted by molar-refractivity contribution is 7.89. The van der Waals surface area contributed by atoms with Gasteiger partial charge >= 0.3 is 0 Å². The van der Waals surface area contributed by atoms with Crippen molar-refractivity contribution >= 4 is 21.6 Å². The van der Waals surface area contributed by atoms with E-state index in [9.17, 15) is 8.42 Å². The van der Waals surface area contributed by atoms with E-state index < -0.39 is 10.0 Å². The summed E-state index contributed by atoms with van der Waals surface area (Å²) in [6.45, 7) is 5.05. The molecule has 0 radical (unpaired) electrons. The molecule has 0 spiro atoms. The highest BCUT2D eigenvalue weighted by Crippen LogP contribution is 2.18. The Kier molecular flexibility index (Phi) is 7.56. The molecule has 0 bridgehead atoms. The molecule has 0 saturated heterocycles. The van der Waals surface area contributed by atoms with Gasteiger partial charge in [-0.2, -0.15) is 4.31 Å². The predicted octanol–water partition coefficient (Wildman–Crippen LogP) is 3.67. The summed E-state index contributed by atoms with van der Waals surface area (Å²) in [6, 6.07) is 7.20. The van der Waals surface area contributed by atoms with Gasteiger partial charge in [-0.05, 0) is 30.5 Å². The number of halogens is 1. The van der Waals surface area contributed by atoms with Crippen LogP contribution in [-0.4, -0.2) is 31.7 Å². The van der Waals surface area contributed by atoms with Crippen LogP contribution >= 0.6 is 11.6 Å². The Labute approximate surface area is 128 Å². The summed E-state index contributed by atoms with van der Waals surface area (Å²) in [7, 11) is -3.42. The maximum absolute atomic E-state index is 12.6. The van der Waals surface area contributed by atoms with Gasteiger partial charge in [0.2, 0.25) is 10.0 Å². The normalized spacial score (nSPS) is 12.0. The van der Waals surface area contributed by atoms with Crippen LogP contribution in [0.5, 0.6) is 0 Å². The summed E-state index contributed by atoms with van der Waals surface area (Å²) in [4.78, 5) is 0.360. The number of nitrogens with zero attached hydrogens (tertiary/aromatic N) is 1. The second-order valence-corrected chi connectivity index (χ2v) is 7.16. The Morgan fingerprint density at radius 2 is 1.70 bits per heavy atom. The third kappa shape index (κ3) is 4.76. The van der Waals surface area contributed by atoms with Gasteiger partial charge < -0.3 is 0 Å². The standard InChI is InChI=1S/C15H24ClNO2S/c1-3-5-12-17(13-11-16)20(18,19)15-9-7-14(6-4-2)8-10-15/h7-10H,3-6,11-13H2,1-2H3. The zero-order valence-corrected chi connectivity index (χ0v) is 13.9. The Morgan fingerprint density at radius 3 is 2.20 bits per heavy atom. The van der Waals surface area contributed by atoms with E-state index in [0.29, 0.717) is 23.9 Å². The second kappa shape index (κ2) is 8.65. The van der Waals surface area contributed by atoms with Crippen molar-refractivity contribution in [2.24, 2.45) is 0 Å². The molecular formula is C15H24ClNO2S. The summed E-state index contributed by atoms with van der Waals surface area (Å²) in [5.74, 6) is 0.316. The van der Waals surface area contributed by atoms with Crippen molar-refractivity contribution in [2.75, 3.05) is 19.0 Å². The molecule has 0 heterocycles. The van der Waals surface area contributed by atoms with Gasteiger partial charge in [-0.25, -0.2) is 8.42 Å². The highest BCUT2D eigenvalue weighted by Gasteiger charge is 2.23. The number of benzene rings is 1. The molecule has 0 saturated carbocycles. The Bertz CT molecular complexity index is 485. The van der Waals surface area contributed by atoms with E-state index in [1.54, 1.807) is 12.1 Å². The van der Waals surface area contributed by atoms with Crippen molar-refractivity contribution in [1.82, 2.24) is 4.31 Å². The van der Waals surface area contributed by atoms with Crippen LogP contribution in [-0.2, 0) is 16.4 Å². The molecule has 114 valence electrons. The molecule has 0 aliphatic heterocycles. The summed E-state index contributed by atoms with van der Waals surface area (Å²) in [5, 5.41) is 0. The van der Waals surface area contributed by atoms with Gasteiger partial charge in [-0.1, -0.05) is 38.8 Å². The van der Waals surface area contributed by atoms with Crippen LogP contribution in [0.25, 0.3) is 0 Å². The molecular weight excluding hydrogens is 294 g/mol. The molecule has 1 rings (SSSR count). The predicted molar refractivity (Wildman–Crippen MR) is 84.8 cm³/mol. The smallest absolute Gasteiger partial charge is 0.207 e. The van der Waals surface area contributed by atoms with Crippen molar-refractivity contribution in [1.29, 1.82) is 0 Å². The van der Waals surface area contributed by atoms with E-state index in [1.807, 2.05) is 19.1 Å². The molecule has 0 aromatic heterocycles. The van der Waals surface area contributed by atoms with Gasteiger partial charge in [0.05, 0.1) is 4.90 Å². The molecule has 0 aliphatic carbocycles. The molecule has 3 nitrogen and oxygen atoms in total. The minimum Gasteiger partial charge on any atom is -0.207 e. The number of aryl methyl sites for hydroxylation is 1. The average Bonchev–Trinajstić information content (AvgIpc) is 2.44. The van der Waals surface area contributed by atoms with Gasteiger partial charge in [0.25, 0.3) is 0 Å². The van der Waals surface area contributed by atoms with Crippen LogP contribution in [0.2, 0.25) is 0 Å². The SMILES string of the molecule is CCCCN(CCCl)S(=O)(=O)c1ccc(CCC)cc1. The summed E-state index contributed by atoms with van der Waals surface area (Å²) < 4.78 is 26.6. The molecule has 20 heavy (non-hydrogen) atoms. The minimum absolute atomic E-state index is 0.316. The van der Waals surface area contributed by atoms with Crippen LogP contribution in [0.1, 0.15) is 38.7 Å². The maximum atomic E-state index is 12.6. The minimum atomic E-state index is -3.42. The molecule has 0 aliphatic rings. The van der Waals surface area contributed by atoms with Gasteiger partial charge in [-0.3, -0.25) is 0 Å². The lowest BCUT2D eigenvalue weighted by molar-refractivity contribution is 0.420. The van der Waals surface area contributed by atoms with Gasteiger partial charge in [-0.15, -0.1) is 11.6 Å². The molecule has 0 amide bonds. The first-order valence-corrected chi connectivity index (χ1v) is 9.18. The van der Waals surface area contributed by atoms with E-state index in [4.69, 9.17) is 11.6 Å². The van der Waals surface area contributed by atoms with Gasteiger partial charge in [0.1, 0.15) is 0 Å². The quantitative estimate of drug-likeness (QED) is 0.652. The fourth-order valence-electron chi connectivity index (χ4n) is 2.05. The summed E-state index contributed by atoms with van der Waals surface area (Å²) in [6.07, 6.45) is 3.84. The lowest BCUT2D eigenvalue weighted by Crippen LogP contribution is -2.33. The number of rotatable bonds is 9. The van der Waals surface area contributed by atoms with E-state index in [0.717, 1.165) is 25.7 Å². The fraction of sp³-hybridized carbons (Fsp3) is 0.600. The van der Waals surface area contributed by atoms with Crippen LogP contribution < -0.4 is 0 Å². The Balaban J connectivity index is 2.93. The Morgan fingerprint density at radius 1 is 1.05 bits per heavy atom. The third-order valence-electron chi connectivity index (χ3n) is 3.19. The molecule has 1 aromatic rings. The number of unbranched alkanes of at least 4 members (excludes halogenated alkanes) is 1. The van der Waals surface area contributed by atoms with Crippen LogP contribution in [0.15, 0.2) is 29.2 Å². The average molecular weight is 318 g/mol. The third-order valence-corrected chi connectivity index (χ3v) is 5.28. The van der Waals surface area contributed by atoms with E-state index in [1.165, 1.54) is 9.87 Å². The van der Waals surface area contributed by atoms with Crippen LogP contribution in [0.4, 0.5) is 0 Å². The van der Waals surface area contributed by atoms with Crippen LogP contribution in [0.3, 0.4) is 0 Å². The van der Waals surface area contributed by atoms with Crippen molar-refractivity contribution in [2.45, 2.75) is 44.4 Å². The second-order valence-electron chi connectivity index (χ2n) is 4.84. The monoisotopic (exact) mass is 317 g/mol. The fourth-order valence-corrected chi connectivity index (χ4v) is 3.83. The Hall–Kier alpha value is -0.580. The molecule has 0 unspecified atom stereocenters. The first-order valence-electron chi connectivity index (χ1n) is 7.21. The largest absolute Gasteiger partial charge is 0.243 e. The van der Waals surface area contributed by atoms with E-state index in [-0.39, 0.29) is 0 Å². The number of sulfonamides is 1. The van der Waals surface area contributed by atoms with Crippen molar-refractivity contribution in [3.8, 4) is 0 Å². The molecule has 0 N–H and O–H groups in total.